The highest BCUT2D eigenvalue weighted by molar-refractivity contribution is 7.89. The number of sulfonamides is 1. The van der Waals surface area contributed by atoms with Gasteiger partial charge in [-0.3, -0.25) is 4.79 Å². The van der Waals surface area contributed by atoms with E-state index in [-0.39, 0.29) is 29.3 Å². The molecule has 1 fully saturated rings. The number of methoxy groups -OCH3 is 1. The highest BCUT2D eigenvalue weighted by atomic mass is 32.2. The van der Waals surface area contributed by atoms with E-state index in [1.165, 1.54) is 4.31 Å². The van der Waals surface area contributed by atoms with E-state index in [2.05, 4.69) is 15.6 Å². The zero-order valence-corrected chi connectivity index (χ0v) is 18.0. The van der Waals surface area contributed by atoms with Gasteiger partial charge in [0, 0.05) is 39.4 Å². The number of ether oxygens (including phenoxy) is 1. The van der Waals surface area contributed by atoms with Gasteiger partial charge in [-0.05, 0) is 51.3 Å². The van der Waals surface area contributed by atoms with Crippen LogP contribution >= 0.6 is 0 Å². The van der Waals surface area contributed by atoms with Crippen LogP contribution in [0.15, 0.2) is 23.1 Å². The molecule has 2 heterocycles. The quantitative estimate of drug-likeness (QED) is 0.646. The number of rotatable bonds is 8. The van der Waals surface area contributed by atoms with Gasteiger partial charge in [-0.15, -0.1) is 5.10 Å². The number of nitrogens with one attached hydrogen (secondary N) is 1. The van der Waals surface area contributed by atoms with Crippen LogP contribution in [0.3, 0.4) is 0 Å². The molecular weight excluding hydrogens is 394 g/mol. The Morgan fingerprint density at radius 2 is 2.17 bits per heavy atom. The number of benzene rings is 1. The molecular formula is C19H29N5O4S. The van der Waals surface area contributed by atoms with E-state index in [0.29, 0.717) is 38.1 Å². The number of carbonyl (C=O) groups excluding carboxylic acids is 1. The summed E-state index contributed by atoms with van der Waals surface area (Å²) in [6.07, 6.45) is 2.07. The third-order valence-electron chi connectivity index (χ3n) is 5.15. The van der Waals surface area contributed by atoms with Gasteiger partial charge in [-0.25, -0.2) is 13.1 Å². The fourth-order valence-electron chi connectivity index (χ4n) is 3.56. The first-order valence-corrected chi connectivity index (χ1v) is 11.4. The number of amides is 1. The second kappa shape index (κ2) is 9.19. The van der Waals surface area contributed by atoms with Crippen molar-refractivity contribution in [2.45, 2.75) is 44.0 Å². The predicted octanol–water partition coefficient (Wildman–Crippen LogP) is 1.57. The molecule has 0 unspecified atom stereocenters. The summed E-state index contributed by atoms with van der Waals surface area (Å²) in [5.74, 6) is -0.442. The molecule has 3 rings (SSSR count). The summed E-state index contributed by atoms with van der Waals surface area (Å²) in [6.45, 7) is 5.69. The molecule has 1 aliphatic heterocycles. The maximum absolute atomic E-state index is 13.2. The van der Waals surface area contributed by atoms with Crippen molar-refractivity contribution >= 4 is 27.0 Å². The SMILES string of the molecule is COCCCNC(=O)[C@H]1CCCN(S(=O)(=O)c2ccc3c(c2)nnn3C(C)C)C1. The molecule has 0 bridgehead atoms. The lowest BCUT2D eigenvalue weighted by atomic mass is 9.99. The van der Waals surface area contributed by atoms with Gasteiger partial charge in [-0.2, -0.15) is 4.31 Å². The molecule has 0 spiro atoms. The van der Waals surface area contributed by atoms with Crippen molar-refractivity contribution < 1.29 is 17.9 Å². The molecule has 0 saturated carbocycles. The number of fused-ring (bicyclic) bond motifs is 1. The van der Waals surface area contributed by atoms with E-state index in [4.69, 9.17) is 4.74 Å². The number of nitrogens with zero attached hydrogens (tertiary/aromatic N) is 4. The average Bonchev–Trinajstić information content (AvgIpc) is 3.15. The second-order valence-corrected chi connectivity index (χ2v) is 9.56. The average molecular weight is 424 g/mol. The molecule has 1 N–H and O–H groups in total. The minimum Gasteiger partial charge on any atom is -0.385 e. The smallest absolute Gasteiger partial charge is 0.243 e. The number of hydrogen-bond donors (Lipinski definition) is 1. The third-order valence-corrected chi connectivity index (χ3v) is 7.01. The lowest BCUT2D eigenvalue weighted by Crippen LogP contribution is -2.45. The Kier molecular flexibility index (Phi) is 6.86. The van der Waals surface area contributed by atoms with Crippen molar-refractivity contribution in [1.29, 1.82) is 0 Å². The van der Waals surface area contributed by atoms with E-state index in [1.54, 1.807) is 30.0 Å². The van der Waals surface area contributed by atoms with E-state index >= 15 is 0 Å². The summed E-state index contributed by atoms with van der Waals surface area (Å²) in [5.41, 5.74) is 1.34. The van der Waals surface area contributed by atoms with Crippen molar-refractivity contribution in [3.8, 4) is 0 Å². The molecule has 2 aromatic rings. The van der Waals surface area contributed by atoms with E-state index in [0.717, 1.165) is 11.9 Å². The highest BCUT2D eigenvalue weighted by Crippen LogP contribution is 2.26. The van der Waals surface area contributed by atoms with Crippen molar-refractivity contribution in [3.63, 3.8) is 0 Å². The molecule has 9 nitrogen and oxygen atoms in total. The minimum absolute atomic E-state index is 0.101. The molecule has 160 valence electrons. The molecule has 1 saturated heterocycles. The van der Waals surface area contributed by atoms with Crippen molar-refractivity contribution in [3.05, 3.63) is 18.2 Å². The first-order chi connectivity index (χ1) is 13.8. The molecule has 10 heteroatoms. The minimum atomic E-state index is -3.70. The fraction of sp³-hybridized carbons (Fsp3) is 0.632. The van der Waals surface area contributed by atoms with Gasteiger partial charge in [0.05, 0.1) is 16.3 Å². The van der Waals surface area contributed by atoms with E-state index < -0.39 is 10.0 Å². The Bertz CT molecular complexity index is 957. The summed E-state index contributed by atoms with van der Waals surface area (Å²) in [5, 5.41) is 11.1. The summed E-state index contributed by atoms with van der Waals surface area (Å²) < 4.78 is 34.5. The van der Waals surface area contributed by atoms with Crippen molar-refractivity contribution in [2.24, 2.45) is 5.92 Å². The Morgan fingerprint density at radius 3 is 2.90 bits per heavy atom. The second-order valence-electron chi connectivity index (χ2n) is 7.62. The molecule has 0 radical (unpaired) electrons. The first-order valence-electron chi connectivity index (χ1n) is 9.96. The van der Waals surface area contributed by atoms with E-state index in [1.807, 2.05) is 13.8 Å². The first kappa shape index (κ1) is 21.7. The van der Waals surface area contributed by atoms with E-state index in [9.17, 15) is 13.2 Å². The predicted molar refractivity (Wildman–Crippen MR) is 109 cm³/mol. The number of carbonyl (C=O) groups is 1. The Balaban J connectivity index is 1.73. The molecule has 1 aromatic carbocycles. The van der Waals surface area contributed by atoms with Crippen LogP contribution in [0.1, 0.15) is 39.2 Å². The maximum Gasteiger partial charge on any atom is 0.243 e. The summed E-state index contributed by atoms with van der Waals surface area (Å²) in [4.78, 5) is 12.6. The van der Waals surface area contributed by atoms with Gasteiger partial charge in [-0.1, -0.05) is 5.21 Å². The van der Waals surface area contributed by atoms with Crippen LogP contribution in [0.5, 0.6) is 0 Å². The Morgan fingerprint density at radius 1 is 1.38 bits per heavy atom. The van der Waals surface area contributed by atoms with Gasteiger partial charge >= 0.3 is 0 Å². The number of piperidine rings is 1. The normalized spacial score (nSPS) is 18.4. The van der Waals surface area contributed by atoms with Crippen LogP contribution in [-0.4, -0.2) is 67.0 Å². The Labute approximate surface area is 171 Å². The molecule has 1 atom stereocenters. The Hall–Kier alpha value is -2.04. The number of aromatic nitrogens is 3. The zero-order valence-electron chi connectivity index (χ0n) is 17.2. The van der Waals surface area contributed by atoms with Crippen LogP contribution in [0.2, 0.25) is 0 Å². The maximum atomic E-state index is 13.2. The zero-order chi connectivity index (χ0) is 21.0. The molecule has 0 aliphatic carbocycles. The van der Waals surface area contributed by atoms with Gasteiger partial charge < -0.3 is 10.1 Å². The van der Waals surface area contributed by atoms with Crippen LogP contribution in [0, 0.1) is 5.92 Å². The number of hydrogen-bond acceptors (Lipinski definition) is 6. The summed E-state index contributed by atoms with van der Waals surface area (Å²) in [6, 6.07) is 5.03. The molecule has 1 aromatic heterocycles. The highest BCUT2D eigenvalue weighted by Gasteiger charge is 2.33. The van der Waals surface area contributed by atoms with Crippen LogP contribution in [0.4, 0.5) is 0 Å². The van der Waals surface area contributed by atoms with Gasteiger partial charge in [0.15, 0.2) is 0 Å². The third kappa shape index (κ3) is 4.76. The lowest BCUT2D eigenvalue weighted by molar-refractivity contribution is -0.126. The summed E-state index contributed by atoms with van der Waals surface area (Å²) in [7, 11) is -2.09. The van der Waals surface area contributed by atoms with Gasteiger partial charge in [0.2, 0.25) is 15.9 Å². The topological polar surface area (TPSA) is 106 Å². The van der Waals surface area contributed by atoms with Crippen molar-refractivity contribution in [1.82, 2.24) is 24.6 Å². The lowest BCUT2D eigenvalue weighted by Gasteiger charge is -2.31. The van der Waals surface area contributed by atoms with Gasteiger partial charge in [0.1, 0.15) is 5.52 Å². The van der Waals surface area contributed by atoms with Crippen molar-refractivity contribution in [2.75, 3.05) is 33.4 Å². The van der Waals surface area contributed by atoms with Gasteiger partial charge in [0.25, 0.3) is 0 Å². The van der Waals surface area contributed by atoms with Crippen LogP contribution < -0.4 is 5.32 Å². The van der Waals surface area contributed by atoms with Crippen LogP contribution in [-0.2, 0) is 19.6 Å². The standard InChI is InChI=1S/C19H29N5O4S/c1-14(2)24-18-8-7-16(12-17(18)21-22-24)29(26,27)23-10-4-6-15(13-23)19(25)20-9-5-11-28-3/h7-8,12,14-15H,4-6,9-11,13H2,1-3H3,(H,20,25)/t15-/m0/s1. The molecule has 1 amide bonds. The monoisotopic (exact) mass is 423 g/mol. The molecule has 1 aliphatic rings. The largest absolute Gasteiger partial charge is 0.385 e. The van der Waals surface area contributed by atoms with Crippen LogP contribution in [0.25, 0.3) is 11.0 Å². The molecule has 29 heavy (non-hydrogen) atoms. The summed E-state index contributed by atoms with van der Waals surface area (Å²) >= 11 is 0. The fourth-order valence-corrected chi connectivity index (χ4v) is 5.10.